The molecule has 0 aliphatic carbocycles. The normalized spacial score (nSPS) is 14.4. The zero-order chi connectivity index (χ0) is 14.7. The summed E-state index contributed by atoms with van der Waals surface area (Å²) in [4.78, 5) is 4.09. The standard InChI is InChI=1S/C12H19BrN2O3S/c1-5-10(9-6-7-11(13)14-8-9)15-19(16,17)18-12(2,3)4/h6-8,10,15H,5H2,1-4H3/t10-/m0/s1. The van der Waals surface area contributed by atoms with Crippen molar-refractivity contribution >= 4 is 26.2 Å². The quantitative estimate of drug-likeness (QED) is 0.829. The van der Waals surface area contributed by atoms with Crippen LogP contribution in [-0.2, 0) is 14.5 Å². The van der Waals surface area contributed by atoms with Gasteiger partial charge >= 0.3 is 10.3 Å². The number of pyridine rings is 1. The predicted octanol–water partition coefficient (Wildman–Crippen LogP) is 2.94. The maximum absolute atomic E-state index is 11.9. The van der Waals surface area contributed by atoms with Gasteiger partial charge in [-0.3, -0.25) is 4.18 Å². The second kappa shape index (κ2) is 6.30. The Kier molecular flexibility index (Phi) is 5.49. The molecule has 0 bridgehead atoms. The van der Waals surface area contributed by atoms with E-state index in [1.54, 1.807) is 33.0 Å². The summed E-state index contributed by atoms with van der Waals surface area (Å²) in [5.41, 5.74) is 0.0361. The highest BCUT2D eigenvalue weighted by Gasteiger charge is 2.25. The molecule has 108 valence electrons. The van der Waals surface area contributed by atoms with Crippen LogP contribution in [0, 0.1) is 0 Å². The summed E-state index contributed by atoms with van der Waals surface area (Å²) < 4.78 is 32.1. The van der Waals surface area contributed by atoms with E-state index in [9.17, 15) is 8.42 Å². The summed E-state index contributed by atoms with van der Waals surface area (Å²) >= 11 is 3.24. The molecular formula is C12H19BrN2O3S. The summed E-state index contributed by atoms with van der Waals surface area (Å²) in [7, 11) is -3.80. The first kappa shape index (κ1) is 16.6. The topological polar surface area (TPSA) is 68.3 Å². The highest BCUT2D eigenvalue weighted by atomic mass is 79.9. The minimum Gasteiger partial charge on any atom is -0.252 e. The molecule has 0 amide bonds. The van der Waals surface area contributed by atoms with Gasteiger partial charge in [-0.05, 0) is 54.8 Å². The fourth-order valence-electron chi connectivity index (χ4n) is 1.51. The molecule has 1 aromatic heterocycles. The van der Waals surface area contributed by atoms with Crippen LogP contribution < -0.4 is 4.72 Å². The molecule has 0 aliphatic heterocycles. The zero-order valence-electron chi connectivity index (χ0n) is 11.5. The monoisotopic (exact) mass is 350 g/mol. The Morgan fingerprint density at radius 1 is 1.42 bits per heavy atom. The molecule has 1 atom stereocenters. The van der Waals surface area contributed by atoms with Crippen LogP contribution in [0.3, 0.4) is 0 Å². The first-order valence-corrected chi connectivity index (χ1v) is 8.17. The van der Waals surface area contributed by atoms with Crippen LogP contribution in [0.5, 0.6) is 0 Å². The van der Waals surface area contributed by atoms with Crippen LogP contribution in [0.15, 0.2) is 22.9 Å². The SMILES string of the molecule is CC[C@H](NS(=O)(=O)OC(C)(C)C)c1ccc(Br)nc1. The maximum Gasteiger partial charge on any atom is 0.336 e. The van der Waals surface area contributed by atoms with Gasteiger partial charge in [-0.1, -0.05) is 13.0 Å². The summed E-state index contributed by atoms with van der Waals surface area (Å²) in [5.74, 6) is 0. The Labute approximate surface area is 123 Å². The average Bonchev–Trinajstić information content (AvgIpc) is 2.24. The lowest BCUT2D eigenvalue weighted by molar-refractivity contribution is 0.135. The molecule has 0 saturated carbocycles. The number of rotatable bonds is 5. The van der Waals surface area contributed by atoms with Gasteiger partial charge in [0.2, 0.25) is 0 Å². The largest absolute Gasteiger partial charge is 0.336 e. The van der Waals surface area contributed by atoms with Gasteiger partial charge in [0, 0.05) is 6.20 Å². The lowest BCUT2D eigenvalue weighted by atomic mass is 10.1. The first-order chi connectivity index (χ1) is 8.63. The Balaban J connectivity index is 2.85. The fourth-order valence-corrected chi connectivity index (χ4v) is 3.10. The molecule has 0 unspecified atom stereocenters. The van der Waals surface area contributed by atoms with Gasteiger partial charge in [0.05, 0.1) is 11.6 Å². The highest BCUT2D eigenvalue weighted by molar-refractivity contribution is 9.10. The maximum atomic E-state index is 11.9. The Morgan fingerprint density at radius 3 is 2.47 bits per heavy atom. The fraction of sp³-hybridized carbons (Fsp3) is 0.583. The molecule has 1 N–H and O–H groups in total. The number of nitrogens with zero attached hydrogens (tertiary/aromatic N) is 1. The number of aromatic nitrogens is 1. The average molecular weight is 351 g/mol. The molecule has 5 nitrogen and oxygen atoms in total. The number of hydrogen-bond donors (Lipinski definition) is 1. The Bertz CT molecular complexity index is 509. The Morgan fingerprint density at radius 2 is 2.05 bits per heavy atom. The second-order valence-corrected chi connectivity index (χ2v) is 7.27. The third-order valence-electron chi connectivity index (χ3n) is 2.21. The van der Waals surface area contributed by atoms with E-state index in [4.69, 9.17) is 4.18 Å². The molecule has 19 heavy (non-hydrogen) atoms. The van der Waals surface area contributed by atoms with Crippen molar-refractivity contribution in [1.29, 1.82) is 0 Å². The number of hydrogen-bond acceptors (Lipinski definition) is 4. The van der Waals surface area contributed by atoms with Crippen LogP contribution in [0.25, 0.3) is 0 Å². The van der Waals surface area contributed by atoms with Crippen molar-refractivity contribution in [2.75, 3.05) is 0 Å². The van der Waals surface area contributed by atoms with Gasteiger partial charge in [0.1, 0.15) is 4.60 Å². The lowest BCUT2D eigenvalue weighted by Gasteiger charge is -2.22. The van der Waals surface area contributed by atoms with Crippen molar-refractivity contribution in [2.45, 2.75) is 45.8 Å². The minimum absolute atomic E-state index is 0.354. The molecule has 0 radical (unpaired) electrons. The highest BCUT2D eigenvalue weighted by Crippen LogP contribution is 2.20. The summed E-state index contributed by atoms with van der Waals surface area (Å²) in [6.07, 6.45) is 2.24. The van der Waals surface area contributed by atoms with Crippen LogP contribution in [0.2, 0.25) is 0 Å². The van der Waals surface area contributed by atoms with Crippen LogP contribution in [-0.4, -0.2) is 19.0 Å². The van der Waals surface area contributed by atoms with Crippen LogP contribution in [0.1, 0.15) is 45.7 Å². The van der Waals surface area contributed by atoms with E-state index in [0.717, 1.165) is 5.56 Å². The van der Waals surface area contributed by atoms with Gasteiger partial charge in [-0.2, -0.15) is 13.1 Å². The second-order valence-electron chi connectivity index (χ2n) is 5.14. The third kappa shape index (κ3) is 5.99. The molecule has 0 aliphatic rings. The van der Waals surface area contributed by atoms with Gasteiger partial charge in [0.15, 0.2) is 0 Å². The molecular weight excluding hydrogens is 332 g/mol. The van der Waals surface area contributed by atoms with Crippen molar-refractivity contribution in [3.05, 3.63) is 28.5 Å². The van der Waals surface area contributed by atoms with Gasteiger partial charge in [-0.25, -0.2) is 4.98 Å². The van der Waals surface area contributed by atoms with Crippen molar-refractivity contribution in [3.8, 4) is 0 Å². The zero-order valence-corrected chi connectivity index (χ0v) is 13.9. The third-order valence-corrected chi connectivity index (χ3v) is 3.97. The molecule has 0 spiro atoms. The smallest absolute Gasteiger partial charge is 0.252 e. The van der Waals surface area contributed by atoms with Crippen LogP contribution in [0.4, 0.5) is 0 Å². The molecule has 1 rings (SSSR count). The number of nitrogens with one attached hydrogen (secondary N) is 1. The molecule has 0 aromatic carbocycles. The molecule has 1 heterocycles. The van der Waals surface area contributed by atoms with Gasteiger partial charge < -0.3 is 0 Å². The van der Waals surface area contributed by atoms with Crippen molar-refractivity contribution in [2.24, 2.45) is 0 Å². The molecule has 1 aromatic rings. The van der Waals surface area contributed by atoms with E-state index < -0.39 is 15.9 Å². The van der Waals surface area contributed by atoms with E-state index >= 15 is 0 Å². The van der Waals surface area contributed by atoms with Gasteiger partial charge in [0.25, 0.3) is 0 Å². The number of halogens is 1. The minimum atomic E-state index is -3.80. The van der Waals surface area contributed by atoms with E-state index in [-0.39, 0.29) is 6.04 Å². The van der Waals surface area contributed by atoms with Crippen molar-refractivity contribution < 1.29 is 12.6 Å². The van der Waals surface area contributed by atoms with E-state index in [1.807, 2.05) is 13.0 Å². The van der Waals surface area contributed by atoms with Crippen molar-refractivity contribution in [3.63, 3.8) is 0 Å². The molecule has 0 saturated heterocycles. The Hall–Kier alpha value is -0.500. The summed E-state index contributed by atoms with van der Waals surface area (Å²) in [5, 5.41) is 0. The van der Waals surface area contributed by atoms with Gasteiger partial charge in [-0.15, -0.1) is 0 Å². The molecule has 7 heteroatoms. The van der Waals surface area contributed by atoms with E-state index in [0.29, 0.717) is 11.0 Å². The predicted molar refractivity (Wildman–Crippen MR) is 77.9 cm³/mol. The first-order valence-electron chi connectivity index (χ1n) is 5.97. The van der Waals surface area contributed by atoms with E-state index in [2.05, 4.69) is 25.6 Å². The summed E-state index contributed by atoms with van der Waals surface area (Å²) in [6.45, 7) is 6.96. The molecule has 0 fully saturated rings. The van der Waals surface area contributed by atoms with Crippen LogP contribution >= 0.6 is 15.9 Å². The van der Waals surface area contributed by atoms with Crippen molar-refractivity contribution in [1.82, 2.24) is 9.71 Å². The van der Waals surface area contributed by atoms with E-state index in [1.165, 1.54) is 0 Å². The lowest BCUT2D eigenvalue weighted by Crippen LogP contribution is -2.35. The summed E-state index contributed by atoms with van der Waals surface area (Å²) in [6, 6.07) is 3.25.